The Morgan fingerprint density at radius 1 is 0.483 bits per heavy atom. The highest BCUT2D eigenvalue weighted by molar-refractivity contribution is 6.41. The Morgan fingerprint density at radius 2 is 0.933 bits per heavy atom. The summed E-state index contributed by atoms with van der Waals surface area (Å²) in [6, 6.07) is 26.4. The van der Waals surface area contributed by atoms with Gasteiger partial charge in [-0.3, -0.25) is 39.1 Å². The molecule has 1 N–H and O–H groups in total. The summed E-state index contributed by atoms with van der Waals surface area (Å²) in [6.45, 7) is 4.36. The predicted molar refractivity (Wildman–Crippen MR) is 233 cm³/mol. The quantitative estimate of drug-likeness (QED) is 0.0537. The minimum absolute atomic E-state index is 0.137. The van der Waals surface area contributed by atoms with Gasteiger partial charge in [0.2, 0.25) is 0 Å². The molecule has 0 spiro atoms. The van der Waals surface area contributed by atoms with E-state index in [4.69, 9.17) is 0 Å². The molecule has 60 heavy (non-hydrogen) atoms. The van der Waals surface area contributed by atoms with Gasteiger partial charge in [-0.05, 0) is 92.7 Å². The number of nitrogens with one attached hydrogen (secondary N) is 1. The van der Waals surface area contributed by atoms with Gasteiger partial charge in [0.05, 0.1) is 11.1 Å². The van der Waals surface area contributed by atoms with Crippen LogP contribution in [0.25, 0.3) is 54.2 Å². The third-order valence-electron chi connectivity index (χ3n) is 13.0. The third kappa shape index (κ3) is 5.51. The first-order chi connectivity index (χ1) is 29.2. The minimum atomic E-state index is -0.701. The van der Waals surface area contributed by atoms with Crippen molar-refractivity contribution in [2.75, 3.05) is 0 Å². The minimum Gasteiger partial charge on any atom is -0.289 e. The van der Waals surface area contributed by atoms with E-state index in [-0.39, 0.29) is 40.3 Å². The highest BCUT2D eigenvalue weighted by Crippen LogP contribution is 2.47. The first kappa shape index (κ1) is 37.5. The summed E-state index contributed by atoms with van der Waals surface area (Å²) in [4.78, 5) is 85.7. The zero-order chi connectivity index (χ0) is 41.4. The van der Waals surface area contributed by atoms with Crippen LogP contribution in [0.1, 0.15) is 146 Å². The SMILES string of the molecule is CCCCCCC(CCCCCC)N1C(=O)c2ccc3c4ccc5c6c(ccc(c7ccc(c2c37)C1=O)c64)C(=O)N(NC(=O)c1ccc2c(c1)C(=O)c1ccccc1-2)C5=O. The average molecular weight is 794 g/mol. The second-order valence-electron chi connectivity index (χ2n) is 16.5. The summed E-state index contributed by atoms with van der Waals surface area (Å²) in [5.74, 6) is -2.75. The fraction of sp³-hybridized carbons (Fsp3) is 0.255. The molecule has 9 nitrogen and oxygen atoms in total. The number of ketones is 1. The van der Waals surface area contributed by atoms with E-state index < -0.39 is 17.7 Å². The maximum Gasteiger partial charge on any atom is 0.280 e. The highest BCUT2D eigenvalue weighted by atomic mass is 16.2. The molecule has 0 fully saturated rings. The number of nitrogens with zero attached hydrogens (tertiary/aromatic N) is 2. The van der Waals surface area contributed by atoms with Gasteiger partial charge in [-0.1, -0.05) is 120 Å². The monoisotopic (exact) mass is 793 g/mol. The number of hydrogen-bond acceptors (Lipinski definition) is 6. The van der Waals surface area contributed by atoms with Gasteiger partial charge >= 0.3 is 0 Å². The lowest BCUT2D eigenvalue weighted by Gasteiger charge is -2.35. The van der Waals surface area contributed by atoms with Crippen LogP contribution in [0.5, 0.6) is 0 Å². The van der Waals surface area contributed by atoms with Gasteiger partial charge in [-0.2, -0.15) is 5.01 Å². The Balaban J connectivity index is 1.01. The van der Waals surface area contributed by atoms with Gasteiger partial charge in [-0.15, -0.1) is 0 Å². The normalized spacial score (nSPS) is 14.5. The summed E-state index contributed by atoms with van der Waals surface area (Å²) in [5.41, 5.74) is 6.67. The molecule has 5 amide bonds. The molecule has 0 bridgehead atoms. The van der Waals surface area contributed by atoms with Crippen LogP contribution in [-0.4, -0.2) is 51.3 Å². The lowest BCUT2D eigenvalue weighted by molar-refractivity contribution is 0.0477. The summed E-state index contributed by atoms with van der Waals surface area (Å²) in [6.07, 6.45) is 10.2. The first-order valence-electron chi connectivity index (χ1n) is 21.3. The maximum absolute atomic E-state index is 14.5. The molecule has 0 atom stereocenters. The maximum atomic E-state index is 14.5. The molecule has 0 radical (unpaired) electrons. The number of unbranched alkanes of at least 4 members (excludes halogenated alkanes) is 6. The largest absolute Gasteiger partial charge is 0.289 e. The van der Waals surface area contributed by atoms with Crippen molar-refractivity contribution in [2.24, 2.45) is 0 Å². The molecule has 7 aromatic carbocycles. The molecule has 3 aliphatic rings. The molecule has 1 aliphatic carbocycles. The van der Waals surface area contributed by atoms with E-state index in [0.29, 0.717) is 33.0 Å². The number of carbonyl (C=O) groups is 6. The summed E-state index contributed by atoms with van der Waals surface area (Å²) >= 11 is 0. The van der Waals surface area contributed by atoms with E-state index >= 15 is 0 Å². The van der Waals surface area contributed by atoms with E-state index in [1.165, 1.54) is 6.07 Å². The van der Waals surface area contributed by atoms with Crippen LogP contribution in [0.2, 0.25) is 0 Å². The molecular weight excluding hydrogens is 751 g/mol. The number of fused-ring (bicyclic) bond motifs is 5. The number of hydrogen-bond donors (Lipinski definition) is 1. The number of rotatable bonds is 13. The van der Waals surface area contributed by atoms with Crippen LogP contribution in [0.4, 0.5) is 0 Å². The van der Waals surface area contributed by atoms with E-state index in [1.807, 2.05) is 48.5 Å². The van der Waals surface area contributed by atoms with Crippen molar-refractivity contribution in [2.45, 2.75) is 84.1 Å². The molecule has 0 aromatic heterocycles. The molecule has 0 saturated heterocycles. The van der Waals surface area contributed by atoms with Gasteiger partial charge in [0.1, 0.15) is 0 Å². The second kappa shape index (κ2) is 14.5. The summed E-state index contributed by atoms with van der Waals surface area (Å²) in [7, 11) is 0. The van der Waals surface area contributed by atoms with Gasteiger partial charge in [0.15, 0.2) is 5.78 Å². The standard InChI is InChI=1S/C51H43N3O6/c1-3-5-7-9-13-29(14-10-8-6-4-2)53-48(57)37-23-19-32-34-21-25-39-45-40(26-22-35(43(34)45)33-20-24-38(49(53)58)44(37)42(32)33)51(60)54(50(39)59)52-47(56)28-17-18-31-30-15-11-12-16-36(30)46(55)41(31)27-28/h11-12,15-27,29H,3-10,13-14H2,1-2H3,(H,52,56). The fourth-order valence-corrected chi connectivity index (χ4v) is 10.1. The van der Waals surface area contributed by atoms with Gasteiger partial charge in [-0.25, -0.2) is 0 Å². The molecule has 0 saturated carbocycles. The zero-order valence-corrected chi connectivity index (χ0v) is 33.7. The van der Waals surface area contributed by atoms with Crippen LogP contribution >= 0.6 is 0 Å². The van der Waals surface area contributed by atoms with Crippen molar-refractivity contribution in [3.63, 3.8) is 0 Å². The van der Waals surface area contributed by atoms with Crippen molar-refractivity contribution >= 4 is 78.4 Å². The fourth-order valence-electron chi connectivity index (χ4n) is 10.1. The van der Waals surface area contributed by atoms with Gasteiger partial charge < -0.3 is 0 Å². The summed E-state index contributed by atoms with van der Waals surface area (Å²) in [5, 5.41) is 6.61. The van der Waals surface area contributed by atoms with Crippen LogP contribution in [0.3, 0.4) is 0 Å². The molecule has 7 aromatic rings. The molecule has 298 valence electrons. The average Bonchev–Trinajstić information content (AvgIpc) is 3.55. The Bertz CT molecular complexity index is 2910. The van der Waals surface area contributed by atoms with Crippen LogP contribution < -0.4 is 5.43 Å². The number of amides is 5. The van der Waals surface area contributed by atoms with Crippen molar-refractivity contribution < 1.29 is 28.8 Å². The van der Waals surface area contributed by atoms with E-state index in [0.717, 1.165) is 113 Å². The lowest BCUT2D eigenvalue weighted by Crippen LogP contribution is -2.51. The molecule has 2 aliphatic heterocycles. The van der Waals surface area contributed by atoms with Crippen LogP contribution in [-0.2, 0) is 0 Å². The van der Waals surface area contributed by atoms with Gasteiger partial charge in [0.25, 0.3) is 29.5 Å². The van der Waals surface area contributed by atoms with E-state index in [2.05, 4.69) is 19.3 Å². The number of hydrazine groups is 1. The van der Waals surface area contributed by atoms with E-state index in [9.17, 15) is 28.8 Å². The van der Waals surface area contributed by atoms with Crippen molar-refractivity contribution in [3.05, 3.63) is 130 Å². The first-order valence-corrected chi connectivity index (χ1v) is 21.3. The second-order valence-corrected chi connectivity index (χ2v) is 16.5. The predicted octanol–water partition coefficient (Wildman–Crippen LogP) is 10.8. The lowest BCUT2D eigenvalue weighted by atomic mass is 9.82. The Morgan fingerprint density at radius 3 is 1.43 bits per heavy atom. The molecule has 0 unspecified atom stereocenters. The third-order valence-corrected chi connectivity index (χ3v) is 13.0. The smallest absolute Gasteiger partial charge is 0.280 e. The van der Waals surface area contributed by atoms with Crippen molar-refractivity contribution in [3.8, 4) is 11.1 Å². The topological polar surface area (TPSA) is 121 Å². The van der Waals surface area contributed by atoms with Crippen LogP contribution in [0.15, 0.2) is 91.0 Å². The Kier molecular flexibility index (Phi) is 9.08. The molecule has 9 heteroatoms. The zero-order valence-electron chi connectivity index (χ0n) is 33.7. The Labute approximate surface area is 346 Å². The highest BCUT2D eigenvalue weighted by Gasteiger charge is 2.40. The van der Waals surface area contributed by atoms with Gasteiger partial charge in [0, 0.05) is 44.6 Å². The van der Waals surface area contributed by atoms with E-state index in [1.54, 1.807) is 41.3 Å². The number of imide groups is 2. The van der Waals surface area contributed by atoms with Crippen molar-refractivity contribution in [1.82, 2.24) is 15.3 Å². The number of carbonyl (C=O) groups excluding carboxylic acids is 6. The number of benzene rings is 7. The summed E-state index contributed by atoms with van der Waals surface area (Å²) < 4.78 is 0. The van der Waals surface area contributed by atoms with Crippen LogP contribution in [0, 0.1) is 0 Å². The van der Waals surface area contributed by atoms with Crippen molar-refractivity contribution in [1.29, 1.82) is 0 Å². The molecule has 2 heterocycles. The molecule has 10 rings (SSSR count). The molecular formula is C51H43N3O6. The Hall–Kier alpha value is -6.74.